The molecule has 0 aliphatic heterocycles. The van der Waals surface area contributed by atoms with Crippen LogP contribution >= 0.6 is 0 Å². The van der Waals surface area contributed by atoms with Gasteiger partial charge in [0.1, 0.15) is 5.82 Å². The van der Waals surface area contributed by atoms with Crippen LogP contribution in [0.1, 0.15) is 47.0 Å². The maximum absolute atomic E-state index is 12.1. The smallest absolute Gasteiger partial charge is 0.158 e. The van der Waals surface area contributed by atoms with Crippen LogP contribution in [-0.2, 0) is 4.79 Å². The zero-order chi connectivity index (χ0) is 19.5. The molecule has 0 atom stereocenters. The first-order valence-corrected chi connectivity index (χ1v) is 9.22. The number of hydrogen-bond acceptors (Lipinski definition) is 4. The molecule has 1 rings (SSSR count). The van der Waals surface area contributed by atoms with Gasteiger partial charge in [-0.15, -0.1) is 0 Å². The minimum absolute atomic E-state index is 0.139. The van der Waals surface area contributed by atoms with E-state index >= 15 is 0 Å². The van der Waals surface area contributed by atoms with Crippen molar-refractivity contribution in [2.75, 3.05) is 12.4 Å². The molecular weight excluding hydrogens is 322 g/mol. The summed E-state index contributed by atoms with van der Waals surface area (Å²) >= 11 is 0. The number of rotatable bonds is 10. The molecule has 0 heterocycles. The van der Waals surface area contributed by atoms with E-state index in [0.717, 1.165) is 34.6 Å². The number of Topliss-reactive ketones (excluding diaryl/α,β-unsaturated/α-hetero) is 1. The number of ketones is 1. The van der Waals surface area contributed by atoms with Gasteiger partial charge in [0.15, 0.2) is 5.78 Å². The van der Waals surface area contributed by atoms with E-state index in [2.05, 4.69) is 10.6 Å². The van der Waals surface area contributed by atoms with Gasteiger partial charge < -0.3 is 10.6 Å². The van der Waals surface area contributed by atoms with Crippen molar-refractivity contribution in [3.8, 4) is 0 Å². The summed E-state index contributed by atoms with van der Waals surface area (Å²) in [6, 6.07) is 9.85. The van der Waals surface area contributed by atoms with Crippen LogP contribution in [0.5, 0.6) is 0 Å². The quantitative estimate of drug-likeness (QED) is 0.307. The topological polar surface area (TPSA) is 65.0 Å². The summed E-state index contributed by atoms with van der Waals surface area (Å²) in [6.07, 6.45) is 5.83. The lowest BCUT2D eigenvalue weighted by atomic mass is 9.97. The van der Waals surface area contributed by atoms with E-state index < -0.39 is 0 Å². The van der Waals surface area contributed by atoms with Gasteiger partial charge in [0, 0.05) is 24.7 Å². The Labute approximate surface area is 157 Å². The third kappa shape index (κ3) is 6.03. The Kier molecular flexibility index (Phi) is 9.13. The standard InChI is InChI=1S/C22H31N3O/c1-6-12-18(15-17(7-2)20(26)8-3)21(23)16(4)22(24-5)25-19-13-10-9-11-14-19/h9-15,23-25H,6-8H2,1-5H3/b17-15+,18-12+,22-16-,23-21?. The Morgan fingerprint density at radius 1 is 1.12 bits per heavy atom. The van der Waals surface area contributed by atoms with E-state index in [4.69, 9.17) is 5.41 Å². The minimum Gasteiger partial charge on any atom is -0.374 e. The summed E-state index contributed by atoms with van der Waals surface area (Å²) in [6.45, 7) is 7.79. The van der Waals surface area contributed by atoms with Crippen molar-refractivity contribution < 1.29 is 4.79 Å². The molecule has 4 nitrogen and oxygen atoms in total. The number of anilines is 1. The van der Waals surface area contributed by atoms with Gasteiger partial charge in [0.25, 0.3) is 0 Å². The first-order chi connectivity index (χ1) is 12.5. The summed E-state index contributed by atoms with van der Waals surface area (Å²) < 4.78 is 0. The van der Waals surface area contributed by atoms with E-state index in [1.54, 1.807) is 0 Å². The molecule has 0 saturated carbocycles. The Balaban J connectivity index is 3.22. The van der Waals surface area contributed by atoms with Crippen molar-refractivity contribution in [1.82, 2.24) is 5.32 Å². The highest BCUT2D eigenvalue weighted by Gasteiger charge is 2.13. The largest absolute Gasteiger partial charge is 0.374 e. The van der Waals surface area contributed by atoms with E-state index in [0.29, 0.717) is 18.6 Å². The molecule has 4 heteroatoms. The van der Waals surface area contributed by atoms with E-state index in [9.17, 15) is 4.79 Å². The van der Waals surface area contributed by atoms with Crippen molar-refractivity contribution in [3.05, 3.63) is 65.0 Å². The zero-order valence-electron chi connectivity index (χ0n) is 16.6. The number of carbonyl (C=O) groups excluding carboxylic acids is 1. The molecule has 0 bridgehead atoms. The van der Waals surface area contributed by atoms with Crippen molar-refractivity contribution in [3.63, 3.8) is 0 Å². The highest BCUT2D eigenvalue weighted by Crippen LogP contribution is 2.18. The first kappa shape index (κ1) is 21.4. The normalized spacial score (nSPS) is 13.1. The molecule has 0 saturated heterocycles. The number of benzene rings is 1. The predicted octanol–water partition coefficient (Wildman–Crippen LogP) is 5.22. The van der Waals surface area contributed by atoms with Crippen LogP contribution in [0.3, 0.4) is 0 Å². The second-order valence-corrected chi connectivity index (χ2v) is 5.98. The van der Waals surface area contributed by atoms with Gasteiger partial charge in [-0.1, -0.05) is 45.0 Å². The second kappa shape index (κ2) is 11.1. The van der Waals surface area contributed by atoms with E-state index in [-0.39, 0.29) is 5.78 Å². The van der Waals surface area contributed by atoms with Crippen LogP contribution < -0.4 is 10.6 Å². The summed E-state index contributed by atoms with van der Waals surface area (Å²) in [5, 5.41) is 15.1. The van der Waals surface area contributed by atoms with Gasteiger partial charge >= 0.3 is 0 Å². The molecule has 0 aliphatic carbocycles. The van der Waals surface area contributed by atoms with Crippen molar-refractivity contribution in [2.24, 2.45) is 0 Å². The molecule has 140 valence electrons. The molecule has 0 fully saturated rings. The molecule has 3 N–H and O–H groups in total. The monoisotopic (exact) mass is 353 g/mol. The Morgan fingerprint density at radius 3 is 2.27 bits per heavy atom. The van der Waals surface area contributed by atoms with Crippen molar-refractivity contribution in [1.29, 1.82) is 5.41 Å². The number of hydrogen-bond donors (Lipinski definition) is 3. The third-order valence-corrected chi connectivity index (χ3v) is 4.15. The molecular formula is C22H31N3O. The summed E-state index contributed by atoms with van der Waals surface area (Å²) in [5.41, 5.74) is 3.72. The van der Waals surface area contributed by atoms with Crippen LogP contribution in [0.4, 0.5) is 5.69 Å². The van der Waals surface area contributed by atoms with Crippen LogP contribution in [0.15, 0.2) is 65.0 Å². The van der Waals surface area contributed by atoms with Crippen LogP contribution in [-0.4, -0.2) is 18.5 Å². The summed E-state index contributed by atoms with van der Waals surface area (Å²) in [7, 11) is 1.83. The lowest BCUT2D eigenvalue weighted by Gasteiger charge is -2.16. The fourth-order valence-electron chi connectivity index (χ4n) is 2.60. The van der Waals surface area contributed by atoms with Crippen LogP contribution in [0.2, 0.25) is 0 Å². The highest BCUT2D eigenvalue weighted by molar-refractivity contribution is 6.13. The highest BCUT2D eigenvalue weighted by atomic mass is 16.1. The molecule has 0 aliphatic rings. The summed E-state index contributed by atoms with van der Waals surface area (Å²) in [5.74, 6) is 0.914. The molecule has 1 aromatic carbocycles. The molecule has 0 amide bonds. The van der Waals surface area contributed by atoms with Crippen molar-refractivity contribution in [2.45, 2.75) is 47.0 Å². The van der Waals surface area contributed by atoms with Gasteiger partial charge in [0.05, 0.1) is 5.71 Å². The Morgan fingerprint density at radius 2 is 1.77 bits per heavy atom. The van der Waals surface area contributed by atoms with Gasteiger partial charge in [-0.05, 0) is 49.1 Å². The second-order valence-electron chi connectivity index (χ2n) is 5.98. The lowest BCUT2D eigenvalue weighted by molar-refractivity contribution is -0.115. The Bertz CT molecular complexity index is 712. The SMILES string of the molecule is CC/C=C(\C=C(/CC)C(=O)CC)C(=N)/C(C)=C(/NC)Nc1ccccc1. The number of allylic oxidation sites excluding steroid dienone is 5. The number of para-hydroxylation sites is 1. The summed E-state index contributed by atoms with van der Waals surface area (Å²) in [4.78, 5) is 12.1. The predicted molar refractivity (Wildman–Crippen MR) is 112 cm³/mol. The average molecular weight is 354 g/mol. The van der Waals surface area contributed by atoms with Gasteiger partial charge in [-0.2, -0.15) is 0 Å². The maximum Gasteiger partial charge on any atom is 0.158 e. The molecule has 1 aromatic rings. The number of nitrogens with one attached hydrogen (secondary N) is 3. The number of carbonyl (C=O) groups is 1. The van der Waals surface area contributed by atoms with Crippen LogP contribution in [0.25, 0.3) is 0 Å². The molecule has 0 unspecified atom stereocenters. The maximum atomic E-state index is 12.1. The third-order valence-electron chi connectivity index (χ3n) is 4.15. The first-order valence-electron chi connectivity index (χ1n) is 9.22. The Hall–Kier alpha value is -2.62. The zero-order valence-corrected chi connectivity index (χ0v) is 16.6. The molecule has 0 spiro atoms. The van der Waals surface area contributed by atoms with Gasteiger partial charge in [0.2, 0.25) is 0 Å². The minimum atomic E-state index is 0.139. The fourth-order valence-corrected chi connectivity index (χ4v) is 2.60. The molecule has 0 aromatic heterocycles. The van der Waals surface area contributed by atoms with Crippen LogP contribution in [0, 0.1) is 5.41 Å². The van der Waals surface area contributed by atoms with E-state index in [1.807, 2.05) is 77.2 Å². The van der Waals surface area contributed by atoms with Gasteiger partial charge in [-0.25, -0.2) is 0 Å². The van der Waals surface area contributed by atoms with Gasteiger partial charge in [-0.3, -0.25) is 10.2 Å². The lowest BCUT2D eigenvalue weighted by Crippen LogP contribution is -2.20. The molecule has 0 radical (unpaired) electrons. The molecule has 26 heavy (non-hydrogen) atoms. The van der Waals surface area contributed by atoms with Crippen molar-refractivity contribution >= 4 is 17.2 Å². The van der Waals surface area contributed by atoms with E-state index in [1.165, 1.54) is 0 Å². The fraction of sp³-hybridized carbons (Fsp3) is 0.364. The average Bonchev–Trinajstić information content (AvgIpc) is 2.68.